The van der Waals surface area contributed by atoms with E-state index in [1.54, 1.807) is 0 Å². The van der Waals surface area contributed by atoms with E-state index in [4.69, 9.17) is 5.11 Å². The zero-order valence-electron chi connectivity index (χ0n) is 11.8. The zero-order valence-corrected chi connectivity index (χ0v) is 11.8. The molecule has 21 heavy (non-hydrogen) atoms. The Morgan fingerprint density at radius 1 is 1.38 bits per heavy atom. The van der Waals surface area contributed by atoms with Gasteiger partial charge >= 0.3 is 12.0 Å². The minimum Gasteiger partial charge on any atom is -0.508 e. The van der Waals surface area contributed by atoms with Gasteiger partial charge in [-0.05, 0) is 44.3 Å². The van der Waals surface area contributed by atoms with Crippen LogP contribution in [0.1, 0.15) is 6.42 Å². The predicted molar refractivity (Wildman–Crippen MR) is 77.5 cm³/mol. The molecule has 1 aliphatic rings. The lowest BCUT2D eigenvalue weighted by molar-refractivity contribution is -0.135. The van der Waals surface area contributed by atoms with Crippen LogP contribution < -0.4 is 10.2 Å². The van der Waals surface area contributed by atoms with Gasteiger partial charge in [-0.25, -0.2) is 4.79 Å². The number of phenols is 1. The smallest absolute Gasteiger partial charge is 0.323 e. The number of rotatable bonds is 4. The molecule has 0 spiro atoms. The fourth-order valence-corrected chi connectivity index (χ4v) is 2.35. The molecule has 0 radical (unpaired) electrons. The molecule has 1 aromatic carbocycles. The molecule has 1 fully saturated rings. The molecular weight excluding hydrogens is 274 g/mol. The maximum Gasteiger partial charge on any atom is 0.323 e. The number of hydrogen-bond acceptors (Lipinski definition) is 4. The number of benzene rings is 1. The molecule has 0 aliphatic carbocycles. The summed E-state index contributed by atoms with van der Waals surface area (Å²) in [6, 6.07) is 5.44. The maximum absolute atomic E-state index is 12.3. The Bertz CT molecular complexity index is 517. The quantitative estimate of drug-likeness (QED) is 0.760. The van der Waals surface area contributed by atoms with Gasteiger partial charge in [0.1, 0.15) is 12.3 Å². The van der Waals surface area contributed by atoms with E-state index in [2.05, 4.69) is 10.2 Å². The second-order valence-corrected chi connectivity index (χ2v) is 5.19. The summed E-state index contributed by atoms with van der Waals surface area (Å²) < 4.78 is 0. The van der Waals surface area contributed by atoms with Gasteiger partial charge in [-0.1, -0.05) is 0 Å². The normalized spacial score (nSPS) is 18.4. The molecule has 1 unspecified atom stereocenters. The molecule has 7 heteroatoms. The van der Waals surface area contributed by atoms with Crippen LogP contribution in [0.2, 0.25) is 0 Å². The van der Waals surface area contributed by atoms with E-state index in [1.807, 2.05) is 7.05 Å². The number of carbonyl (C=O) groups is 2. The number of likely N-dealkylation sites (tertiary alicyclic amines) is 1. The number of aromatic hydroxyl groups is 1. The number of carboxylic acids is 1. The summed E-state index contributed by atoms with van der Waals surface area (Å²) >= 11 is 0. The Labute approximate surface area is 122 Å². The largest absolute Gasteiger partial charge is 0.508 e. The van der Waals surface area contributed by atoms with E-state index in [-0.39, 0.29) is 11.8 Å². The van der Waals surface area contributed by atoms with Crippen molar-refractivity contribution < 1.29 is 19.8 Å². The molecule has 0 saturated carbocycles. The van der Waals surface area contributed by atoms with Gasteiger partial charge in [0.05, 0.1) is 0 Å². The number of carboxylic acid groups (broad SMARTS) is 1. The lowest BCUT2D eigenvalue weighted by Gasteiger charge is -2.23. The standard InChI is InChI=1S/C14H19N3O4/c1-16-7-6-10(8-16)15-14(21)17(9-13(19)20)11-2-4-12(18)5-3-11/h2-5,10,18H,6-9H2,1H3,(H,15,21)(H,19,20). The summed E-state index contributed by atoms with van der Waals surface area (Å²) in [5, 5.41) is 21.1. The summed E-state index contributed by atoms with van der Waals surface area (Å²) in [4.78, 5) is 26.5. The fraction of sp³-hybridized carbons (Fsp3) is 0.429. The van der Waals surface area contributed by atoms with E-state index >= 15 is 0 Å². The molecule has 0 bridgehead atoms. The summed E-state index contributed by atoms with van der Waals surface area (Å²) in [5.74, 6) is -1.03. The maximum atomic E-state index is 12.3. The number of hydrogen-bond donors (Lipinski definition) is 3. The third-order valence-corrected chi connectivity index (χ3v) is 3.42. The van der Waals surface area contributed by atoms with E-state index < -0.39 is 18.5 Å². The highest BCUT2D eigenvalue weighted by atomic mass is 16.4. The van der Waals surface area contributed by atoms with Gasteiger partial charge in [0.15, 0.2) is 0 Å². The topological polar surface area (TPSA) is 93.1 Å². The number of anilines is 1. The summed E-state index contributed by atoms with van der Waals surface area (Å²) in [5.41, 5.74) is 0.430. The van der Waals surface area contributed by atoms with Gasteiger partial charge < -0.3 is 20.4 Å². The Morgan fingerprint density at radius 3 is 2.57 bits per heavy atom. The number of carbonyl (C=O) groups excluding carboxylic acids is 1. The van der Waals surface area contributed by atoms with Gasteiger partial charge in [0.25, 0.3) is 0 Å². The number of amides is 2. The van der Waals surface area contributed by atoms with Gasteiger partial charge in [-0.2, -0.15) is 0 Å². The first-order chi connectivity index (χ1) is 9.95. The third-order valence-electron chi connectivity index (χ3n) is 3.42. The number of nitrogens with zero attached hydrogens (tertiary/aromatic N) is 2. The van der Waals surface area contributed by atoms with Crippen LogP contribution in [0.15, 0.2) is 24.3 Å². The lowest BCUT2D eigenvalue weighted by atomic mass is 10.2. The molecule has 1 aliphatic heterocycles. The number of nitrogens with one attached hydrogen (secondary N) is 1. The van der Waals surface area contributed by atoms with Crippen molar-refractivity contribution in [3.05, 3.63) is 24.3 Å². The van der Waals surface area contributed by atoms with Crippen molar-refractivity contribution >= 4 is 17.7 Å². The zero-order chi connectivity index (χ0) is 15.4. The number of likely N-dealkylation sites (N-methyl/N-ethyl adjacent to an activating group) is 1. The Kier molecular flexibility index (Phi) is 4.64. The molecule has 2 rings (SSSR count). The van der Waals surface area contributed by atoms with Gasteiger partial charge in [0.2, 0.25) is 0 Å². The molecule has 7 nitrogen and oxygen atoms in total. The van der Waals surface area contributed by atoms with Gasteiger partial charge in [-0.15, -0.1) is 0 Å². The monoisotopic (exact) mass is 293 g/mol. The molecule has 1 aromatic rings. The highest BCUT2D eigenvalue weighted by Gasteiger charge is 2.25. The van der Waals surface area contributed by atoms with Crippen LogP contribution in [0.4, 0.5) is 10.5 Å². The SMILES string of the molecule is CN1CCC(NC(=O)N(CC(=O)O)c2ccc(O)cc2)C1. The first-order valence-corrected chi connectivity index (χ1v) is 6.73. The number of phenolic OH excluding ortho intramolecular Hbond substituents is 1. The van der Waals surface area contributed by atoms with Crippen molar-refractivity contribution in [2.45, 2.75) is 12.5 Å². The minimum absolute atomic E-state index is 0.0240. The summed E-state index contributed by atoms with van der Waals surface area (Å²) in [7, 11) is 1.97. The Balaban J connectivity index is 2.09. The highest BCUT2D eigenvalue weighted by Crippen LogP contribution is 2.19. The molecule has 3 N–H and O–H groups in total. The van der Waals surface area contributed by atoms with Crippen LogP contribution in [-0.4, -0.2) is 59.8 Å². The average Bonchev–Trinajstić information content (AvgIpc) is 2.82. The van der Waals surface area contributed by atoms with Crippen LogP contribution >= 0.6 is 0 Å². The molecule has 0 aromatic heterocycles. The molecule has 1 heterocycles. The summed E-state index contributed by atoms with van der Waals surface area (Å²) in [6.07, 6.45) is 0.846. The van der Waals surface area contributed by atoms with Crippen LogP contribution in [0.5, 0.6) is 5.75 Å². The van der Waals surface area contributed by atoms with Crippen molar-refractivity contribution in [1.82, 2.24) is 10.2 Å². The molecular formula is C14H19N3O4. The van der Waals surface area contributed by atoms with Crippen molar-refractivity contribution in [3.63, 3.8) is 0 Å². The number of aliphatic carboxylic acids is 1. The lowest BCUT2D eigenvalue weighted by Crippen LogP contribution is -2.47. The van der Waals surface area contributed by atoms with Crippen molar-refractivity contribution in [2.75, 3.05) is 31.6 Å². The molecule has 1 saturated heterocycles. The van der Waals surface area contributed by atoms with Gasteiger partial charge in [0, 0.05) is 18.3 Å². The van der Waals surface area contributed by atoms with Crippen LogP contribution in [0.25, 0.3) is 0 Å². The number of urea groups is 1. The van der Waals surface area contributed by atoms with E-state index in [0.29, 0.717) is 5.69 Å². The van der Waals surface area contributed by atoms with Crippen molar-refractivity contribution in [1.29, 1.82) is 0 Å². The Morgan fingerprint density at radius 2 is 2.05 bits per heavy atom. The van der Waals surface area contributed by atoms with Crippen LogP contribution in [-0.2, 0) is 4.79 Å². The van der Waals surface area contributed by atoms with Crippen molar-refractivity contribution in [3.8, 4) is 5.75 Å². The second kappa shape index (κ2) is 6.45. The minimum atomic E-state index is -1.10. The first kappa shape index (κ1) is 15.1. The predicted octanol–water partition coefficient (Wildman–Crippen LogP) is 0.697. The molecule has 114 valence electrons. The van der Waals surface area contributed by atoms with Gasteiger partial charge in [-0.3, -0.25) is 9.69 Å². The van der Waals surface area contributed by atoms with E-state index in [9.17, 15) is 14.7 Å². The van der Waals surface area contributed by atoms with E-state index in [0.717, 1.165) is 24.4 Å². The van der Waals surface area contributed by atoms with E-state index in [1.165, 1.54) is 24.3 Å². The second-order valence-electron chi connectivity index (χ2n) is 5.19. The average molecular weight is 293 g/mol. The third kappa shape index (κ3) is 4.09. The highest BCUT2D eigenvalue weighted by molar-refractivity contribution is 5.96. The first-order valence-electron chi connectivity index (χ1n) is 6.73. The molecule has 2 amide bonds. The fourth-order valence-electron chi connectivity index (χ4n) is 2.35. The van der Waals surface area contributed by atoms with Crippen LogP contribution in [0.3, 0.4) is 0 Å². The molecule has 1 atom stereocenters. The summed E-state index contributed by atoms with van der Waals surface area (Å²) in [6.45, 7) is 1.23. The Hall–Kier alpha value is -2.28. The van der Waals surface area contributed by atoms with Crippen LogP contribution in [0, 0.1) is 0 Å². The van der Waals surface area contributed by atoms with Crippen molar-refractivity contribution in [2.24, 2.45) is 0 Å².